The van der Waals surface area contributed by atoms with Crippen molar-refractivity contribution in [2.45, 2.75) is 24.1 Å². The third kappa shape index (κ3) is 3.49. The second-order valence-electron chi connectivity index (χ2n) is 3.17. The van der Waals surface area contributed by atoms with Crippen LogP contribution in [0.3, 0.4) is 0 Å². The highest BCUT2D eigenvalue weighted by atomic mass is 32.2. The lowest BCUT2D eigenvalue weighted by Gasteiger charge is -2.16. The van der Waals surface area contributed by atoms with Gasteiger partial charge in [-0.15, -0.1) is 11.8 Å². The normalized spacial score (nSPS) is 14.3. The van der Waals surface area contributed by atoms with Gasteiger partial charge in [0.25, 0.3) is 0 Å². The summed E-state index contributed by atoms with van der Waals surface area (Å²) in [7, 11) is 0. The third-order valence-electron chi connectivity index (χ3n) is 2.12. The van der Waals surface area contributed by atoms with Crippen molar-refractivity contribution in [1.82, 2.24) is 15.4 Å². The molecule has 82 valence electrons. The van der Waals surface area contributed by atoms with Crippen molar-refractivity contribution in [3.8, 4) is 0 Å². The summed E-state index contributed by atoms with van der Waals surface area (Å²) in [4.78, 5) is 19.2. The van der Waals surface area contributed by atoms with Gasteiger partial charge in [-0.2, -0.15) is 0 Å². The first-order valence-corrected chi connectivity index (χ1v) is 5.46. The lowest BCUT2D eigenvalue weighted by atomic mass is 10.1. The lowest BCUT2D eigenvalue weighted by molar-refractivity contribution is -0.124. The molecule has 5 nitrogen and oxygen atoms in total. The van der Waals surface area contributed by atoms with Gasteiger partial charge in [0.2, 0.25) is 5.91 Å². The minimum absolute atomic E-state index is 0.114. The summed E-state index contributed by atoms with van der Waals surface area (Å²) < 4.78 is 0. The fraction of sp³-hybridized carbons (Fsp3) is 0.444. The average molecular weight is 226 g/mol. The van der Waals surface area contributed by atoms with Crippen molar-refractivity contribution >= 4 is 17.7 Å². The van der Waals surface area contributed by atoms with E-state index in [9.17, 15) is 4.79 Å². The van der Waals surface area contributed by atoms with Crippen molar-refractivity contribution in [3.05, 3.63) is 18.6 Å². The summed E-state index contributed by atoms with van der Waals surface area (Å²) in [6, 6.07) is 1.81. The molecule has 0 aliphatic rings. The molecule has 0 saturated heterocycles. The number of rotatable bonds is 4. The molecule has 2 atom stereocenters. The summed E-state index contributed by atoms with van der Waals surface area (Å²) in [6.45, 7) is 3.80. The predicted molar refractivity (Wildman–Crippen MR) is 58.8 cm³/mol. The molecule has 0 aromatic carbocycles. The first-order valence-electron chi connectivity index (χ1n) is 4.58. The monoisotopic (exact) mass is 226 g/mol. The van der Waals surface area contributed by atoms with Crippen LogP contribution >= 0.6 is 11.8 Å². The number of carbonyl (C=O) groups excluding carboxylic acids is 1. The van der Waals surface area contributed by atoms with E-state index in [-0.39, 0.29) is 17.1 Å². The van der Waals surface area contributed by atoms with E-state index in [1.807, 2.05) is 19.9 Å². The van der Waals surface area contributed by atoms with Gasteiger partial charge in [-0.05, 0) is 6.07 Å². The molecule has 15 heavy (non-hydrogen) atoms. The molecular formula is C9H14N4OS. The van der Waals surface area contributed by atoms with E-state index in [0.717, 1.165) is 5.03 Å². The Morgan fingerprint density at radius 2 is 2.33 bits per heavy atom. The van der Waals surface area contributed by atoms with Crippen molar-refractivity contribution in [1.29, 1.82) is 0 Å². The van der Waals surface area contributed by atoms with Crippen LogP contribution in [0.5, 0.6) is 0 Å². The van der Waals surface area contributed by atoms with Gasteiger partial charge < -0.3 is 0 Å². The first kappa shape index (κ1) is 11.9. The SMILES string of the molecule is CC(Sc1ccncn1)C(C)C(=O)NN. The van der Waals surface area contributed by atoms with E-state index in [4.69, 9.17) is 5.84 Å². The minimum Gasteiger partial charge on any atom is -0.294 e. The molecule has 0 spiro atoms. The largest absolute Gasteiger partial charge is 0.294 e. The molecule has 0 aliphatic carbocycles. The number of carbonyl (C=O) groups is 1. The van der Waals surface area contributed by atoms with E-state index in [2.05, 4.69) is 15.4 Å². The van der Waals surface area contributed by atoms with Crippen LogP contribution in [0, 0.1) is 5.92 Å². The maximum Gasteiger partial charge on any atom is 0.237 e. The number of amides is 1. The number of thioether (sulfide) groups is 1. The maximum absolute atomic E-state index is 11.3. The number of nitrogens with one attached hydrogen (secondary N) is 1. The quantitative estimate of drug-likeness (QED) is 0.258. The smallest absolute Gasteiger partial charge is 0.237 e. The average Bonchev–Trinajstić information content (AvgIpc) is 2.28. The van der Waals surface area contributed by atoms with Gasteiger partial charge in [-0.25, -0.2) is 15.8 Å². The Morgan fingerprint density at radius 1 is 1.60 bits per heavy atom. The van der Waals surface area contributed by atoms with Gasteiger partial charge in [-0.3, -0.25) is 10.2 Å². The third-order valence-corrected chi connectivity index (χ3v) is 3.38. The zero-order valence-corrected chi connectivity index (χ0v) is 9.49. The molecule has 0 fully saturated rings. The zero-order valence-electron chi connectivity index (χ0n) is 8.68. The Labute approximate surface area is 92.8 Å². The van der Waals surface area contributed by atoms with Crippen molar-refractivity contribution in [2.75, 3.05) is 0 Å². The van der Waals surface area contributed by atoms with E-state index in [0.29, 0.717) is 0 Å². The Kier molecular flexibility index (Phi) is 4.51. The molecular weight excluding hydrogens is 212 g/mol. The van der Waals surface area contributed by atoms with Crippen molar-refractivity contribution in [3.63, 3.8) is 0 Å². The molecule has 1 amide bonds. The van der Waals surface area contributed by atoms with Crippen LogP contribution in [0.15, 0.2) is 23.6 Å². The fourth-order valence-electron chi connectivity index (χ4n) is 0.985. The molecule has 2 unspecified atom stereocenters. The minimum atomic E-state index is -0.163. The summed E-state index contributed by atoms with van der Waals surface area (Å²) in [6.07, 6.45) is 3.17. The van der Waals surface area contributed by atoms with Crippen LogP contribution in [0.1, 0.15) is 13.8 Å². The number of nitrogens with zero attached hydrogens (tertiary/aromatic N) is 2. The second-order valence-corrected chi connectivity index (χ2v) is 4.57. The number of hydrazine groups is 1. The van der Waals surface area contributed by atoms with Crippen LogP contribution in [-0.4, -0.2) is 21.1 Å². The number of nitrogens with two attached hydrogens (primary N) is 1. The van der Waals surface area contributed by atoms with E-state index in [1.165, 1.54) is 18.1 Å². The molecule has 1 heterocycles. The molecule has 6 heteroatoms. The molecule has 3 N–H and O–H groups in total. The molecule has 0 bridgehead atoms. The van der Waals surface area contributed by atoms with Gasteiger partial charge in [0.1, 0.15) is 6.33 Å². The van der Waals surface area contributed by atoms with Gasteiger partial charge in [0.15, 0.2) is 0 Å². The molecule has 1 aromatic heterocycles. The molecule has 1 rings (SSSR count). The Balaban J connectivity index is 2.56. The number of hydrogen-bond acceptors (Lipinski definition) is 5. The first-order chi connectivity index (χ1) is 7.15. The van der Waals surface area contributed by atoms with Gasteiger partial charge in [-0.1, -0.05) is 13.8 Å². The van der Waals surface area contributed by atoms with Crippen LogP contribution in [0.4, 0.5) is 0 Å². The van der Waals surface area contributed by atoms with Crippen molar-refractivity contribution in [2.24, 2.45) is 11.8 Å². The zero-order chi connectivity index (χ0) is 11.3. The van der Waals surface area contributed by atoms with Gasteiger partial charge >= 0.3 is 0 Å². The van der Waals surface area contributed by atoms with Crippen LogP contribution in [0.25, 0.3) is 0 Å². The standard InChI is InChI=1S/C9H14N4OS/c1-6(9(14)13-10)7(2)15-8-3-4-11-5-12-8/h3-7H,10H2,1-2H3,(H,13,14). The van der Waals surface area contributed by atoms with Crippen molar-refractivity contribution < 1.29 is 4.79 Å². The van der Waals surface area contributed by atoms with Crippen LogP contribution in [0.2, 0.25) is 0 Å². The fourth-order valence-corrected chi connectivity index (χ4v) is 1.94. The van der Waals surface area contributed by atoms with E-state index in [1.54, 1.807) is 6.20 Å². The molecule has 0 aliphatic heterocycles. The number of aromatic nitrogens is 2. The van der Waals surface area contributed by atoms with Crippen LogP contribution < -0.4 is 11.3 Å². The van der Waals surface area contributed by atoms with Gasteiger partial charge in [0.05, 0.1) is 5.03 Å². The Morgan fingerprint density at radius 3 is 2.87 bits per heavy atom. The molecule has 1 aromatic rings. The van der Waals surface area contributed by atoms with E-state index < -0.39 is 0 Å². The summed E-state index contributed by atoms with van der Waals surface area (Å²) in [5.41, 5.74) is 2.15. The second kappa shape index (κ2) is 5.67. The highest BCUT2D eigenvalue weighted by molar-refractivity contribution is 7.99. The number of hydrogen-bond donors (Lipinski definition) is 2. The molecule has 0 saturated carbocycles. The summed E-state index contributed by atoms with van der Waals surface area (Å²) >= 11 is 1.53. The highest BCUT2D eigenvalue weighted by Gasteiger charge is 2.20. The maximum atomic E-state index is 11.3. The summed E-state index contributed by atoms with van der Waals surface area (Å²) in [5, 5.41) is 0.970. The van der Waals surface area contributed by atoms with Crippen LogP contribution in [-0.2, 0) is 4.79 Å². The predicted octanol–water partition coefficient (Wildman–Crippen LogP) is 0.583. The Hall–Kier alpha value is -1.14. The van der Waals surface area contributed by atoms with E-state index >= 15 is 0 Å². The molecule has 0 radical (unpaired) electrons. The Bertz CT molecular complexity index is 319. The topological polar surface area (TPSA) is 80.9 Å². The highest BCUT2D eigenvalue weighted by Crippen LogP contribution is 2.25. The van der Waals surface area contributed by atoms with Gasteiger partial charge in [0, 0.05) is 17.4 Å². The lowest BCUT2D eigenvalue weighted by Crippen LogP contribution is -2.38. The summed E-state index contributed by atoms with van der Waals surface area (Å²) in [5.74, 6) is 4.75.